The number of carboxylic acids is 4. The Labute approximate surface area is 224 Å². The van der Waals surface area contributed by atoms with E-state index in [0.29, 0.717) is 0 Å². The van der Waals surface area contributed by atoms with Crippen molar-refractivity contribution in [3.05, 3.63) is 89.6 Å². The van der Waals surface area contributed by atoms with Gasteiger partial charge in [-0.1, -0.05) is 24.3 Å². The van der Waals surface area contributed by atoms with Gasteiger partial charge in [0.1, 0.15) is 0 Å². The van der Waals surface area contributed by atoms with Gasteiger partial charge in [-0.2, -0.15) is 0 Å². The minimum atomic E-state index is -1.10. The first kappa shape index (κ1) is 30.6. The van der Waals surface area contributed by atoms with Gasteiger partial charge in [-0.15, -0.1) is 45.3 Å². The zero-order valence-corrected chi connectivity index (χ0v) is 23.5. The van der Waals surface area contributed by atoms with E-state index in [0.717, 1.165) is 0 Å². The molecule has 0 aliphatic heterocycles. The van der Waals surface area contributed by atoms with Gasteiger partial charge in [0.2, 0.25) is 0 Å². The zero-order chi connectivity index (χ0) is 23.9. The fourth-order valence-electron chi connectivity index (χ4n) is 1.58. The van der Waals surface area contributed by atoms with Crippen LogP contribution in [0.1, 0.15) is 38.7 Å². The minimum absolute atomic E-state index is 0. The van der Waals surface area contributed by atoms with Crippen LogP contribution in [0.15, 0.2) is 70.1 Å². The Morgan fingerprint density at radius 2 is 0.636 bits per heavy atom. The second-order valence-electron chi connectivity index (χ2n) is 5.06. The van der Waals surface area contributed by atoms with Crippen molar-refractivity contribution in [2.24, 2.45) is 0 Å². The number of rotatable bonds is 4. The van der Waals surface area contributed by atoms with E-state index < -0.39 is 23.9 Å². The quantitative estimate of drug-likeness (QED) is 0.269. The smallest absolute Gasteiger partial charge is 0.0815 e. The van der Waals surface area contributed by atoms with Crippen LogP contribution in [0.5, 0.6) is 0 Å². The van der Waals surface area contributed by atoms with Gasteiger partial charge in [0.25, 0.3) is 0 Å². The van der Waals surface area contributed by atoms with E-state index in [1.807, 2.05) is 0 Å². The Hall–Kier alpha value is -2.40. The van der Waals surface area contributed by atoms with Crippen molar-refractivity contribution in [1.29, 1.82) is 0 Å². The first-order valence-corrected chi connectivity index (χ1v) is 11.7. The number of hydrogen-bond acceptors (Lipinski definition) is 12. The van der Waals surface area contributed by atoms with Crippen LogP contribution in [0.25, 0.3) is 0 Å². The normalized spacial score (nSPS) is 8.73. The third-order valence-corrected chi connectivity index (χ3v) is 6.29. The molecule has 0 bridgehead atoms. The van der Waals surface area contributed by atoms with Crippen molar-refractivity contribution in [2.45, 2.75) is 0 Å². The minimum Gasteiger partial charge on any atom is -0.544 e. The number of thiophene rings is 4. The maximum atomic E-state index is 9.96. The number of hydrogen-bond donors (Lipinski definition) is 0. The topological polar surface area (TPSA) is 161 Å². The van der Waals surface area contributed by atoms with E-state index in [2.05, 4.69) is 0 Å². The molecule has 0 fully saturated rings. The summed E-state index contributed by atoms with van der Waals surface area (Å²) in [5, 5.41) is 46.6. The molecule has 0 amide bonds. The molecule has 4 aromatic heterocycles. The molecule has 0 saturated heterocycles. The van der Waals surface area contributed by atoms with E-state index in [4.69, 9.17) is 0 Å². The Bertz CT molecular complexity index is 897. The van der Waals surface area contributed by atoms with E-state index in [1.165, 1.54) is 69.6 Å². The molecule has 4 heterocycles. The van der Waals surface area contributed by atoms with Crippen molar-refractivity contribution in [1.82, 2.24) is 0 Å². The largest absolute Gasteiger partial charge is 0.544 e. The molecule has 0 aliphatic carbocycles. The molecule has 4 radical (unpaired) electrons. The van der Waals surface area contributed by atoms with Crippen LogP contribution in [-0.2, 0) is 0 Å². The van der Waals surface area contributed by atoms with Gasteiger partial charge in [0.05, 0.1) is 23.9 Å². The van der Waals surface area contributed by atoms with Crippen molar-refractivity contribution in [3.63, 3.8) is 0 Å². The molecule has 0 atom stereocenters. The second kappa shape index (κ2) is 17.1. The van der Waals surface area contributed by atoms with E-state index >= 15 is 0 Å². The van der Waals surface area contributed by atoms with E-state index in [1.54, 1.807) is 45.8 Å². The number of aromatic carboxylic acids is 4. The molecule has 8 nitrogen and oxygen atoms in total. The Morgan fingerprint density at radius 3 is 0.697 bits per heavy atom. The number of carbonyl (C=O) groups excluding carboxylic acids is 4. The predicted molar refractivity (Wildman–Crippen MR) is 120 cm³/mol. The van der Waals surface area contributed by atoms with Gasteiger partial charge in [0.15, 0.2) is 0 Å². The fourth-order valence-corrected chi connectivity index (χ4v) is 3.81. The maximum Gasteiger partial charge on any atom is 0.0815 e. The molecule has 0 saturated carbocycles. The SMILES string of the molecule is O=C([O-])c1cccs1.O=C([O-])c1cccs1.O=C([O-])c1cccs1.O=C([O-])c1cccs1.[Pb]. The average molecular weight is 716 g/mol. The summed E-state index contributed by atoms with van der Waals surface area (Å²) in [4.78, 5) is 41.0. The molecule has 4 aromatic rings. The van der Waals surface area contributed by atoms with Crippen LogP contribution in [0, 0.1) is 0 Å². The maximum absolute atomic E-state index is 9.96. The number of carbonyl (C=O) groups is 4. The van der Waals surface area contributed by atoms with Crippen molar-refractivity contribution < 1.29 is 39.6 Å². The summed E-state index contributed by atoms with van der Waals surface area (Å²) in [5.74, 6) is -4.39. The van der Waals surface area contributed by atoms with Crippen LogP contribution in [0.4, 0.5) is 0 Å². The molecule has 0 aromatic carbocycles. The third kappa shape index (κ3) is 13.0. The van der Waals surface area contributed by atoms with Gasteiger partial charge in [0, 0.05) is 46.8 Å². The van der Waals surface area contributed by atoms with Crippen molar-refractivity contribution >= 4 is 96.5 Å². The molecule has 172 valence electrons. The van der Waals surface area contributed by atoms with Crippen LogP contribution in [-0.4, -0.2) is 51.2 Å². The van der Waals surface area contributed by atoms with Gasteiger partial charge < -0.3 is 39.6 Å². The monoisotopic (exact) mass is 716 g/mol. The Kier molecular flexibility index (Phi) is 15.9. The second-order valence-corrected chi connectivity index (χ2v) is 8.85. The van der Waals surface area contributed by atoms with Gasteiger partial charge in [-0.3, -0.25) is 0 Å². The molecule has 33 heavy (non-hydrogen) atoms. The Balaban J connectivity index is 0.000000410. The zero-order valence-electron chi connectivity index (χ0n) is 16.3. The first-order chi connectivity index (χ1) is 15.2. The standard InChI is InChI=1S/4C5H4O2S.Pb/c4*6-5(7)4-2-1-3-8-4;/h4*1-3H,(H,6,7);/p-4. The molecule has 13 heteroatoms. The molecule has 0 aliphatic rings. The molecule has 0 spiro atoms. The summed E-state index contributed by atoms with van der Waals surface area (Å²) in [6.45, 7) is 0. The van der Waals surface area contributed by atoms with Gasteiger partial charge >= 0.3 is 0 Å². The van der Waals surface area contributed by atoms with Crippen LogP contribution < -0.4 is 20.4 Å². The Morgan fingerprint density at radius 1 is 0.455 bits per heavy atom. The molecular weight excluding hydrogens is 704 g/mol. The van der Waals surface area contributed by atoms with E-state index in [9.17, 15) is 39.6 Å². The molecular formula is C20H12O8PbS4-4. The summed E-state index contributed by atoms with van der Waals surface area (Å²) >= 11 is 4.68. The van der Waals surface area contributed by atoms with Crippen LogP contribution in [0.2, 0.25) is 0 Å². The van der Waals surface area contributed by atoms with Crippen LogP contribution >= 0.6 is 45.3 Å². The summed E-state index contributed by atoms with van der Waals surface area (Å²) < 4.78 is 0. The summed E-state index contributed by atoms with van der Waals surface area (Å²) in [7, 11) is 0. The summed E-state index contributed by atoms with van der Waals surface area (Å²) in [6, 6.07) is 12.8. The summed E-state index contributed by atoms with van der Waals surface area (Å²) in [6.07, 6.45) is 0. The van der Waals surface area contributed by atoms with Gasteiger partial charge in [-0.25, -0.2) is 0 Å². The molecule has 0 unspecified atom stereocenters. The molecule has 0 N–H and O–H groups in total. The third-order valence-electron chi connectivity index (χ3n) is 2.89. The van der Waals surface area contributed by atoms with Crippen molar-refractivity contribution in [2.75, 3.05) is 0 Å². The van der Waals surface area contributed by atoms with Crippen molar-refractivity contribution in [3.8, 4) is 0 Å². The number of carboxylic acid groups (broad SMARTS) is 4. The average Bonchev–Trinajstić information content (AvgIpc) is 3.56. The van der Waals surface area contributed by atoms with Crippen LogP contribution in [0.3, 0.4) is 0 Å². The first-order valence-electron chi connectivity index (χ1n) is 8.21. The van der Waals surface area contributed by atoms with Gasteiger partial charge in [-0.05, 0) is 45.8 Å². The molecule has 4 rings (SSSR count). The van der Waals surface area contributed by atoms with E-state index in [-0.39, 0.29) is 46.8 Å². The fraction of sp³-hybridized carbons (Fsp3) is 0. The summed E-state index contributed by atoms with van der Waals surface area (Å²) in [5.41, 5.74) is 0. The predicted octanol–water partition coefficient (Wildman–Crippen LogP) is 0.0656.